The van der Waals surface area contributed by atoms with Gasteiger partial charge in [-0.1, -0.05) is 29.8 Å². The Labute approximate surface area is 117 Å². The van der Waals surface area contributed by atoms with Gasteiger partial charge in [0, 0.05) is 5.38 Å². The van der Waals surface area contributed by atoms with Crippen LogP contribution in [-0.4, -0.2) is 10.9 Å². The second kappa shape index (κ2) is 5.97. The lowest BCUT2D eigenvalue weighted by Gasteiger charge is -2.14. The molecule has 3 nitrogen and oxygen atoms in total. The van der Waals surface area contributed by atoms with E-state index in [0.717, 1.165) is 16.3 Å². The molecule has 0 bridgehead atoms. The van der Waals surface area contributed by atoms with Gasteiger partial charge in [-0.15, -0.1) is 11.3 Å². The zero-order valence-corrected chi connectivity index (χ0v) is 12.3. The molecule has 2 rings (SSSR count). The van der Waals surface area contributed by atoms with E-state index in [4.69, 9.17) is 0 Å². The number of carbonyl (C=O) groups is 1. The van der Waals surface area contributed by atoms with Crippen LogP contribution in [0.3, 0.4) is 0 Å². The van der Waals surface area contributed by atoms with Gasteiger partial charge in [0.05, 0.1) is 23.2 Å². The van der Waals surface area contributed by atoms with Crippen LogP contribution in [0.4, 0.5) is 0 Å². The number of nitrogens with one attached hydrogen (secondary N) is 1. The molecule has 19 heavy (non-hydrogen) atoms. The lowest BCUT2D eigenvalue weighted by atomic mass is 10.1. The summed E-state index contributed by atoms with van der Waals surface area (Å²) in [4.78, 5) is 16.2. The van der Waals surface area contributed by atoms with Crippen LogP contribution < -0.4 is 5.32 Å². The summed E-state index contributed by atoms with van der Waals surface area (Å²) in [5.74, 6) is 0.0124. The zero-order chi connectivity index (χ0) is 13.8. The molecule has 0 saturated heterocycles. The molecule has 2 aromatic rings. The summed E-state index contributed by atoms with van der Waals surface area (Å²) in [5, 5.41) is 5.93. The number of benzene rings is 1. The van der Waals surface area contributed by atoms with Crippen LogP contribution in [0.5, 0.6) is 0 Å². The van der Waals surface area contributed by atoms with E-state index in [-0.39, 0.29) is 11.9 Å². The minimum Gasteiger partial charge on any atom is -0.349 e. The minimum absolute atomic E-state index is 0.0124. The molecule has 1 N–H and O–H groups in total. The Morgan fingerprint density at radius 3 is 2.58 bits per heavy atom. The monoisotopic (exact) mass is 274 g/mol. The van der Waals surface area contributed by atoms with E-state index < -0.39 is 0 Å². The average Bonchev–Trinajstić information content (AvgIpc) is 2.75. The van der Waals surface area contributed by atoms with Gasteiger partial charge in [0.15, 0.2) is 0 Å². The van der Waals surface area contributed by atoms with Crippen LogP contribution in [-0.2, 0) is 11.2 Å². The average molecular weight is 274 g/mol. The Balaban J connectivity index is 1.93. The highest BCUT2D eigenvalue weighted by molar-refractivity contribution is 7.09. The van der Waals surface area contributed by atoms with Crippen LogP contribution >= 0.6 is 11.3 Å². The number of aryl methyl sites for hydroxylation is 2. The summed E-state index contributed by atoms with van der Waals surface area (Å²) in [7, 11) is 0. The molecule has 1 unspecified atom stereocenters. The van der Waals surface area contributed by atoms with E-state index in [9.17, 15) is 4.79 Å². The Bertz CT molecular complexity index is 560. The maximum atomic E-state index is 11.9. The molecule has 1 heterocycles. The fraction of sp³-hybridized carbons (Fsp3) is 0.333. The van der Waals surface area contributed by atoms with E-state index >= 15 is 0 Å². The third-order valence-corrected chi connectivity index (χ3v) is 3.79. The Kier molecular flexibility index (Phi) is 4.32. The van der Waals surface area contributed by atoms with Gasteiger partial charge in [-0.2, -0.15) is 0 Å². The van der Waals surface area contributed by atoms with Gasteiger partial charge in [-0.05, 0) is 26.3 Å². The number of thiazole rings is 1. The zero-order valence-electron chi connectivity index (χ0n) is 11.4. The predicted octanol–water partition coefficient (Wildman–Crippen LogP) is 3.18. The summed E-state index contributed by atoms with van der Waals surface area (Å²) in [6, 6.07) is 8.23. The molecule has 0 radical (unpaired) electrons. The number of hydrogen-bond donors (Lipinski definition) is 1. The normalized spacial score (nSPS) is 12.2. The van der Waals surface area contributed by atoms with E-state index in [1.165, 1.54) is 5.56 Å². The summed E-state index contributed by atoms with van der Waals surface area (Å²) in [6.07, 6.45) is 0.348. The first kappa shape index (κ1) is 13.7. The summed E-state index contributed by atoms with van der Waals surface area (Å²) < 4.78 is 0. The molecular formula is C15H18N2OS. The first-order valence-electron chi connectivity index (χ1n) is 6.31. The van der Waals surface area contributed by atoms with E-state index in [1.54, 1.807) is 11.3 Å². The minimum atomic E-state index is 0.0124. The molecule has 4 heteroatoms. The van der Waals surface area contributed by atoms with Crippen molar-refractivity contribution in [3.8, 4) is 0 Å². The van der Waals surface area contributed by atoms with Crippen molar-refractivity contribution < 1.29 is 4.79 Å². The molecule has 0 fully saturated rings. The van der Waals surface area contributed by atoms with Gasteiger partial charge in [-0.25, -0.2) is 4.98 Å². The van der Waals surface area contributed by atoms with Crippen molar-refractivity contribution in [3.63, 3.8) is 0 Å². The van der Waals surface area contributed by atoms with Gasteiger partial charge in [-0.3, -0.25) is 4.79 Å². The Morgan fingerprint density at radius 1 is 1.32 bits per heavy atom. The summed E-state index contributed by atoms with van der Waals surface area (Å²) >= 11 is 1.57. The third kappa shape index (κ3) is 3.89. The molecule has 0 spiro atoms. The second-order valence-corrected chi connectivity index (χ2v) is 5.80. The number of nitrogens with zero attached hydrogens (tertiary/aromatic N) is 1. The number of amides is 1. The molecule has 100 valence electrons. The molecule has 0 aliphatic rings. The maximum absolute atomic E-state index is 11.9. The highest BCUT2D eigenvalue weighted by atomic mass is 32.1. The van der Waals surface area contributed by atoms with Crippen LogP contribution in [0.25, 0.3) is 0 Å². The van der Waals surface area contributed by atoms with Gasteiger partial charge in [0.25, 0.3) is 0 Å². The van der Waals surface area contributed by atoms with Gasteiger partial charge >= 0.3 is 0 Å². The summed E-state index contributed by atoms with van der Waals surface area (Å²) in [6.45, 7) is 5.99. The predicted molar refractivity (Wildman–Crippen MR) is 78.3 cm³/mol. The van der Waals surface area contributed by atoms with Crippen molar-refractivity contribution in [2.75, 3.05) is 0 Å². The largest absolute Gasteiger partial charge is 0.349 e. The Morgan fingerprint density at radius 2 is 2.00 bits per heavy atom. The molecule has 1 aromatic heterocycles. The maximum Gasteiger partial charge on any atom is 0.226 e. The number of aromatic nitrogens is 1. The van der Waals surface area contributed by atoms with Crippen LogP contribution in [0.2, 0.25) is 0 Å². The van der Waals surface area contributed by atoms with Crippen LogP contribution in [0.15, 0.2) is 29.6 Å². The smallest absolute Gasteiger partial charge is 0.226 e. The highest BCUT2D eigenvalue weighted by Crippen LogP contribution is 2.14. The Hall–Kier alpha value is -1.68. The van der Waals surface area contributed by atoms with Crippen LogP contribution in [0.1, 0.15) is 34.8 Å². The lowest BCUT2D eigenvalue weighted by Crippen LogP contribution is -2.28. The molecular weight excluding hydrogens is 256 g/mol. The van der Waals surface area contributed by atoms with Crippen molar-refractivity contribution in [2.24, 2.45) is 0 Å². The quantitative estimate of drug-likeness (QED) is 0.930. The highest BCUT2D eigenvalue weighted by Gasteiger charge is 2.11. The fourth-order valence-electron chi connectivity index (χ4n) is 1.88. The van der Waals surface area contributed by atoms with Crippen LogP contribution in [0, 0.1) is 13.8 Å². The second-order valence-electron chi connectivity index (χ2n) is 4.73. The molecule has 1 amide bonds. The van der Waals surface area contributed by atoms with Gasteiger partial charge < -0.3 is 5.32 Å². The topological polar surface area (TPSA) is 42.0 Å². The van der Waals surface area contributed by atoms with Gasteiger partial charge in [0.2, 0.25) is 5.91 Å². The molecule has 0 saturated carbocycles. The fourth-order valence-corrected chi connectivity index (χ4v) is 2.50. The van der Waals surface area contributed by atoms with E-state index in [0.29, 0.717) is 6.42 Å². The van der Waals surface area contributed by atoms with Gasteiger partial charge in [0.1, 0.15) is 0 Å². The molecule has 1 aromatic carbocycles. The number of hydrogen-bond acceptors (Lipinski definition) is 3. The third-order valence-electron chi connectivity index (χ3n) is 2.96. The van der Waals surface area contributed by atoms with Crippen molar-refractivity contribution >= 4 is 17.2 Å². The van der Waals surface area contributed by atoms with E-state index in [1.807, 2.05) is 31.4 Å². The van der Waals surface area contributed by atoms with Crippen molar-refractivity contribution in [3.05, 3.63) is 51.5 Å². The standard InChI is InChI=1S/C15H18N2OS/c1-10-4-6-13(7-5-10)11(2)16-15(18)8-14-9-19-12(3)17-14/h4-7,9,11H,8H2,1-3H3,(H,16,18). The lowest BCUT2D eigenvalue weighted by molar-refractivity contribution is -0.121. The SMILES string of the molecule is Cc1ccc(C(C)NC(=O)Cc2csc(C)n2)cc1. The summed E-state index contributed by atoms with van der Waals surface area (Å²) in [5.41, 5.74) is 3.18. The van der Waals surface area contributed by atoms with E-state index in [2.05, 4.69) is 29.4 Å². The van der Waals surface area contributed by atoms with Crippen molar-refractivity contribution in [1.82, 2.24) is 10.3 Å². The van der Waals surface area contributed by atoms with Crippen molar-refractivity contribution in [1.29, 1.82) is 0 Å². The molecule has 0 aliphatic carbocycles. The first-order chi connectivity index (χ1) is 9.04. The molecule has 0 aliphatic heterocycles. The first-order valence-corrected chi connectivity index (χ1v) is 7.19. The molecule has 1 atom stereocenters. The van der Waals surface area contributed by atoms with Crippen molar-refractivity contribution in [2.45, 2.75) is 33.2 Å². The number of rotatable bonds is 4. The number of carbonyl (C=O) groups excluding carboxylic acids is 1.